The maximum Gasteiger partial charge on any atom is 0.171 e. The van der Waals surface area contributed by atoms with E-state index in [1.54, 1.807) is 12.4 Å². The van der Waals surface area contributed by atoms with Crippen molar-refractivity contribution in [2.45, 2.75) is 6.42 Å². The second kappa shape index (κ2) is 8.29. The Morgan fingerprint density at radius 1 is 1.08 bits per heavy atom. The first-order valence-corrected chi connectivity index (χ1v) is 9.33. The zero-order chi connectivity index (χ0) is 17.8. The van der Waals surface area contributed by atoms with Crippen LogP contribution in [0.5, 0.6) is 0 Å². The highest BCUT2D eigenvalue weighted by Crippen LogP contribution is 2.31. The lowest BCUT2D eigenvalue weighted by molar-refractivity contribution is 0.165. The van der Waals surface area contributed by atoms with Gasteiger partial charge in [-0.25, -0.2) is 9.97 Å². The molecule has 2 unspecified atom stereocenters. The second-order valence-corrected chi connectivity index (χ2v) is 7.66. The molecule has 0 radical (unpaired) electrons. The summed E-state index contributed by atoms with van der Waals surface area (Å²) in [7, 11) is 6.20. The zero-order valence-electron chi connectivity index (χ0n) is 15.8. The quantitative estimate of drug-likeness (QED) is 0.817. The van der Waals surface area contributed by atoms with Crippen LogP contribution >= 0.6 is 0 Å². The zero-order valence-corrected chi connectivity index (χ0v) is 15.8. The summed E-state index contributed by atoms with van der Waals surface area (Å²) >= 11 is 0. The van der Waals surface area contributed by atoms with Crippen LogP contribution in [-0.2, 0) is 0 Å². The molecule has 0 aliphatic carbocycles. The lowest BCUT2D eigenvalue weighted by atomic mass is 9.96. The number of hydrogen-bond donors (Lipinski definition) is 1. The van der Waals surface area contributed by atoms with E-state index < -0.39 is 0 Å². The van der Waals surface area contributed by atoms with Crippen molar-refractivity contribution in [2.24, 2.45) is 11.8 Å². The van der Waals surface area contributed by atoms with Crippen LogP contribution in [0.25, 0.3) is 0 Å². The molecule has 2 aliphatic rings. The first kappa shape index (κ1) is 18.4. The molecule has 2 aliphatic heterocycles. The first-order valence-electron chi connectivity index (χ1n) is 9.33. The van der Waals surface area contributed by atoms with Crippen LogP contribution in [0.15, 0.2) is 12.4 Å². The third-order valence-electron chi connectivity index (χ3n) is 5.50. The van der Waals surface area contributed by atoms with E-state index in [2.05, 4.69) is 31.7 Å². The molecule has 7 nitrogen and oxygen atoms in total. The lowest BCUT2D eigenvalue weighted by Gasteiger charge is -2.26. The summed E-state index contributed by atoms with van der Waals surface area (Å²) in [5, 5.41) is 9.91. The number of nitrogens with zero attached hydrogens (tertiary/aromatic N) is 6. The van der Waals surface area contributed by atoms with Crippen molar-refractivity contribution in [3.63, 3.8) is 0 Å². The monoisotopic (exact) mass is 348 g/mol. The molecule has 3 rings (SSSR count). The Kier molecular flexibility index (Phi) is 6.09. The molecule has 1 aromatic rings. The van der Waals surface area contributed by atoms with Gasteiger partial charge in [0.15, 0.2) is 11.6 Å². The number of likely N-dealkylation sites (N-methyl/N-ethyl adjacent to an activating group) is 1. The van der Waals surface area contributed by atoms with Crippen molar-refractivity contribution in [1.82, 2.24) is 19.8 Å². The Hall–Kier alpha value is -1.44. The number of hydrogen-bond acceptors (Lipinski definition) is 7. The van der Waals surface area contributed by atoms with Gasteiger partial charge in [0.25, 0.3) is 0 Å². The molecule has 1 N–H and O–H groups in total. The van der Waals surface area contributed by atoms with Crippen LogP contribution in [0.4, 0.5) is 11.6 Å². The van der Waals surface area contributed by atoms with Crippen LogP contribution in [0.3, 0.4) is 0 Å². The van der Waals surface area contributed by atoms with Gasteiger partial charge in [-0.2, -0.15) is 0 Å². The smallest absolute Gasteiger partial charge is 0.171 e. The van der Waals surface area contributed by atoms with Crippen LogP contribution in [-0.4, -0.2) is 98.4 Å². The fourth-order valence-electron chi connectivity index (χ4n) is 4.00. The van der Waals surface area contributed by atoms with Gasteiger partial charge in [0.2, 0.25) is 0 Å². The van der Waals surface area contributed by atoms with Crippen LogP contribution in [0, 0.1) is 11.8 Å². The van der Waals surface area contributed by atoms with Crippen molar-refractivity contribution >= 4 is 11.6 Å². The van der Waals surface area contributed by atoms with Crippen molar-refractivity contribution in [3.8, 4) is 0 Å². The molecule has 2 atom stereocenters. The topological polar surface area (TPSA) is 59.0 Å². The van der Waals surface area contributed by atoms with E-state index in [1.807, 2.05) is 19.0 Å². The van der Waals surface area contributed by atoms with Crippen LogP contribution in [0.2, 0.25) is 0 Å². The van der Waals surface area contributed by atoms with Gasteiger partial charge in [0.05, 0.1) is 0 Å². The van der Waals surface area contributed by atoms with E-state index in [1.165, 1.54) is 13.0 Å². The van der Waals surface area contributed by atoms with E-state index in [-0.39, 0.29) is 6.61 Å². The number of rotatable bonds is 5. The minimum Gasteiger partial charge on any atom is -0.396 e. The van der Waals surface area contributed by atoms with E-state index >= 15 is 0 Å². The Bertz CT molecular complexity index is 554. The molecule has 2 fully saturated rings. The Morgan fingerprint density at radius 2 is 1.84 bits per heavy atom. The Balaban J connectivity index is 1.68. The number of aliphatic hydroxyl groups excluding tert-OH is 1. The average Bonchev–Trinajstić information content (AvgIpc) is 2.90. The van der Waals surface area contributed by atoms with Gasteiger partial charge in [-0.05, 0) is 32.5 Å². The van der Waals surface area contributed by atoms with Crippen molar-refractivity contribution < 1.29 is 5.11 Å². The van der Waals surface area contributed by atoms with E-state index in [0.29, 0.717) is 11.8 Å². The molecular formula is C18H32N6O. The fraction of sp³-hybridized carbons (Fsp3) is 0.778. The predicted molar refractivity (Wildman–Crippen MR) is 101 cm³/mol. The molecule has 7 heteroatoms. The molecule has 140 valence electrons. The van der Waals surface area contributed by atoms with Crippen LogP contribution in [0.1, 0.15) is 6.42 Å². The summed E-state index contributed by atoms with van der Waals surface area (Å²) in [6.45, 7) is 7.70. The maximum atomic E-state index is 9.91. The summed E-state index contributed by atoms with van der Waals surface area (Å²) in [5.41, 5.74) is 0. The number of anilines is 2. The summed E-state index contributed by atoms with van der Waals surface area (Å²) < 4.78 is 0. The van der Waals surface area contributed by atoms with Gasteiger partial charge in [0, 0.05) is 71.7 Å². The highest BCUT2D eigenvalue weighted by atomic mass is 16.3. The average molecular weight is 348 g/mol. The van der Waals surface area contributed by atoms with Gasteiger partial charge >= 0.3 is 0 Å². The summed E-state index contributed by atoms with van der Waals surface area (Å²) in [6.07, 6.45) is 4.73. The van der Waals surface area contributed by atoms with Gasteiger partial charge in [-0.15, -0.1) is 0 Å². The van der Waals surface area contributed by atoms with Gasteiger partial charge < -0.3 is 24.7 Å². The minimum absolute atomic E-state index is 0.243. The van der Waals surface area contributed by atoms with Crippen molar-refractivity contribution in [3.05, 3.63) is 12.4 Å². The third-order valence-corrected chi connectivity index (χ3v) is 5.50. The first-order chi connectivity index (χ1) is 12.1. The Morgan fingerprint density at radius 3 is 2.60 bits per heavy atom. The van der Waals surface area contributed by atoms with Crippen molar-refractivity contribution in [2.75, 3.05) is 83.4 Å². The standard InChI is InChI=1S/C18H32N6O/c1-21(2)17-18(20-6-5-19-17)24-12-15(16(13-24)14-25)11-23-8-4-7-22(3)9-10-23/h5-6,15-16,25H,4,7-14H2,1-3H3. The number of aliphatic hydroxyl groups is 1. The van der Waals surface area contributed by atoms with Gasteiger partial charge in [0.1, 0.15) is 0 Å². The van der Waals surface area contributed by atoms with Crippen LogP contribution < -0.4 is 9.80 Å². The van der Waals surface area contributed by atoms with E-state index in [9.17, 15) is 5.11 Å². The van der Waals surface area contributed by atoms with Crippen molar-refractivity contribution in [1.29, 1.82) is 0 Å². The Labute approximate surface area is 151 Å². The van der Waals surface area contributed by atoms with Gasteiger partial charge in [-0.3, -0.25) is 0 Å². The molecule has 0 saturated carbocycles. The second-order valence-electron chi connectivity index (χ2n) is 7.66. The molecule has 0 spiro atoms. The molecular weight excluding hydrogens is 316 g/mol. The highest BCUT2D eigenvalue weighted by Gasteiger charge is 2.35. The van der Waals surface area contributed by atoms with E-state index in [4.69, 9.17) is 0 Å². The maximum absolute atomic E-state index is 9.91. The van der Waals surface area contributed by atoms with E-state index in [0.717, 1.165) is 50.9 Å². The summed E-state index contributed by atoms with van der Waals surface area (Å²) in [6, 6.07) is 0. The highest BCUT2D eigenvalue weighted by molar-refractivity contribution is 5.62. The van der Waals surface area contributed by atoms with Gasteiger partial charge in [-0.1, -0.05) is 0 Å². The predicted octanol–water partition coefficient (Wildman–Crippen LogP) is 0.225. The molecule has 2 saturated heterocycles. The largest absolute Gasteiger partial charge is 0.396 e. The minimum atomic E-state index is 0.243. The SMILES string of the molecule is CN1CCCN(CC2CN(c3nccnc3N(C)C)CC2CO)CC1. The summed E-state index contributed by atoms with van der Waals surface area (Å²) in [5.74, 6) is 2.61. The lowest BCUT2D eigenvalue weighted by Crippen LogP contribution is -2.36. The molecule has 3 heterocycles. The fourth-order valence-corrected chi connectivity index (χ4v) is 4.00. The molecule has 0 amide bonds. The molecule has 0 bridgehead atoms. The third kappa shape index (κ3) is 4.40. The molecule has 0 aromatic carbocycles. The normalized spacial score (nSPS) is 26.0. The number of aromatic nitrogens is 2. The molecule has 1 aromatic heterocycles. The summed E-state index contributed by atoms with van der Waals surface area (Å²) in [4.78, 5) is 18.4. The molecule has 25 heavy (non-hydrogen) atoms.